The number of halogens is 2. The van der Waals surface area contributed by atoms with Gasteiger partial charge < -0.3 is 19.7 Å². The molecule has 0 unspecified atom stereocenters. The van der Waals surface area contributed by atoms with Crippen LogP contribution < -0.4 is 5.32 Å². The van der Waals surface area contributed by atoms with Gasteiger partial charge in [0.2, 0.25) is 5.91 Å². The minimum absolute atomic E-state index is 0.0294. The highest BCUT2D eigenvalue weighted by atomic mass is 35.5. The number of nitrogens with one attached hydrogen (secondary N) is 1. The zero-order valence-electron chi connectivity index (χ0n) is 14.6. The molecule has 0 saturated carbocycles. The number of carbonyl (C=O) groups excluding carboxylic acids is 3. The quantitative estimate of drug-likeness (QED) is 0.755. The second-order valence-electron chi connectivity index (χ2n) is 6.56. The van der Waals surface area contributed by atoms with Gasteiger partial charge in [-0.25, -0.2) is 0 Å². The zero-order chi connectivity index (χ0) is 19.4. The molecule has 0 bridgehead atoms. The van der Waals surface area contributed by atoms with Crippen molar-refractivity contribution in [2.45, 2.75) is 18.3 Å². The standard InChI is InChI=1S/C18H20Cl2N2O5/c19-12-1-2-13(14(20)9-12)18(3-7-26-8-4-18)17(25)27-11-16(24)22-6-5-21-15(23)10-22/h1-2,9H,3-8,10-11H2,(H,21,23). The molecule has 0 atom stereocenters. The Morgan fingerprint density at radius 2 is 2.00 bits per heavy atom. The van der Waals surface area contributed by atoms with E-state index in [0.29, 0.717) is 54.8 Å². The van der Waals surface area contributed by atoms with Gasteiger partial charge in [-0.2, -0.15) is 0 Å². The van der Waals surface area contributed by atoms with Crippen molar-refractivity contribution in [1.29, 1.82) is 0 Å². The van der Waals surface area contributed by atoms with Crippen molar-refractivity contribution >= 4 is 41.0 Å². The van der Waals surface area contributed by atoms with E-state index in [4.69, 9.17) is 32.7 Å². The van der Waals surface area contributed by atoms with Gasteiger partial charge in [-0.15, -0.1) is 0 Å². The van der Waals surface area contributed by atoms with Crippen LogP contribution >= 0.6 is 23.2 Å². The van der Waals surface area contributed by atoms with Crippen molar-refractivity contribution in [1.82, 2.24) is 10.2 Å². The number of esters is 1. The number of hydrogen-bond acceptors (Lipinski definition) is 5. The lowest BCUT2D eigenvalue weighted by Crippen LogP contribution is -2.51. The summed E-state index contributed by atoms with van der Waals surface area (Å²) >= 11 is 12.3. The molecule has 2 fully saturated rings. The average molecular weight is 415 g/mol. The first kappa shape index (κ1) is 19.9. The van der Waals surface area contributed by atoms with Crippen LogP contribution in [0.2, 0.25) is 10.0 Å². The summed E-state index contributed by atoms with van der Waals surface area (Å²) in [5, 5.41) is 3.49. The third kappa shape index (κ3) is 4.36. The van der Waals surface area contributed by atoms with Gasteiger partial charge in [-0.05, 0) is 30.5 Å². The van der Waals surface area contributed by atoms with Crippen molar-refractivity contribution in [2.24, 2.45) is 0 Å². The fourth-order valence-corrected chi connectivity index (χ4v) is 3.98. The smallest absolute Gasteiger partial charge is 0.317 e. The molecule has 0 aromatic heterocycles. The van der Waals surface area contributed by atoms with Crippen molar-refractivity contribution < 1.29 is 23.9 Å². The van der Waals surface area contributed by atoms with Gasteiger partial charge in [0, 0.05) is 36.3 Å². The highest BCUT2D eigenvalue weighted by Crippen LogP contribution is 2.40. The molecular formula is C18H20Cl2N2O5. The van der Waals surface area contributed by atoms with E-state index in [2.05, 4.69) is 5.32 Å². The maximum absolute atomic E-state index is 13.0. The number of ether oxygens (including phenoxy) is 2. The van der Waals surface area contributed by atoms with Crippen LogP contribution in [0.1, 0.15) is 18.4 Å². The number of benzene rings is 1. The van der Waals surface area contributed by atoms with Gasteiger partial charge in [0.05, 0.1) is 12.0 Å². The topological polar surface area (TPSA) is 84.9 Å². The number of piperazine rings is 1. The highest BCUT2D eigenvalue weighted by molar-refractivity contribution is 6.35. The SMILES string of the molecule is O=C1CN(C(=O)COC(=O)C2(c3ccc(Cl)cc3Cl)CCOCC2)CCN1. The molecule has 2 aliphatic heterocycles. The Morgan fingerprint density at radius 3 is 2.67 bits per heavy atom. The Hall–Kier alpha value is -1.83. The largest absolute Gasteiger partial charge is 0.455 e. The minimum Gasteiger partial charge on any atom is -0.455 e. The molecule has 1 aromatic carbocycles. The van der Waals surface area contributed by atoms with Crippen LogP contribution in [-0.2, 0) is 29.3 Å². The van der Waals surface area contributed by atoms with Crippen LogP contribution in [0.3, 0.4) is 0 Å². The first-order valence-electron chi connectivity index (χ1n) is 8.67. The minimum atomic E-state index is -0.987. The van der Waals surface area contributed by atoms with E-state index in [1.165, 1.54) is 4.90 Å². The predicted octanol–water partition coefficient (Wildman–Crippen LogP) is 1.54. The average Bonchev–Trinajstić information content (AvgIpc) is 2.66. The van der Waals surface area contributed by atoms with Crippen molar-refractivity contribution in [3.8, 4) is 0 Å². The Kier molecular flexibility index (Phi) is 6.24. The molecule has 0 radical (unpaired) electrons. The monoisotopic (exact) mass is 414 g/mol. The summed E-state index contributed by atoms with van der Waals surface area (Å²) in [7, 11) is 0. The summed E-state index contributed by atoms with van der Waals surface area (Å²) in [6, 6.07) is 4.97. The number of amides is 2. The van der Waals surface area contributed by atoms with Crippen molar-refractivity contribution in [3.63, 3.8) is 0 Å². The Bertz CT molecular complexity index is 749. The molecule has 27 heavy (non-hydrogen) atoms. The molecule has 146 valence electrons. The lowest BCUT2D eigenvalue weighted by atomic mass is 9.74. The van der Waals surface area contributed by atoms with Crippen LogP contribution in [0.5, 0.6) is 0 Å². The van der Waals surface area contributed by atoms with Crippen LogP contribution in [0.15, 0.2) is 18.2 Å². The van der Waals surface area contributed by atoms with Gasteiger partial charge >= 0.3 is 5.97 Å². The second kappa shape index (κ2) is 8.46. The predicted molar refractivity (Wildman–Crippen MR) is 98.7 cm³/mol. The third-order valence-electron chi connectivity index (χ3n) is 4.90. The number of rotatable bonds is 4. The molecule has 2 aliphatic rings. The second-order valence-corrected chi connectivity index (χ2v) is 7.40. The van der Waals surface area contributed by atoms with Crippen LogP contribution in [0, 0.1) is 0 Å². The third-order valence-corrected chi connectivity index (χ3v) is 5.45. The fraction of sp³-hybridized carbons (Fsp3) is 0.500. The molecule has 1 N–H and O–H groups in total. The maximum Gasteiger partial charge on any atom is 0.317 e. The zero-order valence-corrected chi connectivity index (χ0v) is 16.1. The molecule has 7 nitrogen and oxygen atoms in total. The normalized spacial score (nSPS) is 19.3. The Labute approximate surface area is 166 Å². The molecule has 2 saturated heterocycles. The van der Waals surface area contributed by atoms with E-state index >= 15 is 0 Å². The molecule has 0 spiro atoms. The molecule has 2 amide bonds. The lowest BCUT2D eigenvalue weighted by Gasteiger charge is -2.36. The van der Waals surface area contributed by atoms with Gasteiger partial charge in [0.25, 0.3) is 5.91 Å². The van der Waals surface area contributed by atoms with E-state index in [0.717, 1.165) is 0 Å². The summed E-state index contributed by atoms with van der Waals surface area (Å²) in [4.78, 5) is 38.1. The molecule has 0 aliphatic carbocycles. The Morgan fingerprint density at radius 1 is 1.26 bits per heavy atom. The number of nitrogens with zero attached hydrogens (tertiary/aromatic N) is 1. The van der Waals surface area contributed by atoms with E-state index in [1.807, 2.05) is 0 Å². The number of carbonyl (C=O) groups is 3. The van der Waals surface area contributed by atoms with E-state index in [-0.39, 0.29) is 12.5 Å². The summed E-state index contributed by atoms with van der Waals surface area (Å²) in [6.07, 6.45) is 0.793. The lowest BCUT2D eigenvalue weighted by molar-refractivity contribution is -0.160. The first-order valence-corrected chi connectivity index (χ1v) is 9.43. The highest BCUT2D eigenvalue weighted by Gasteiger charge is 2.45. The van der Waals surface area contributed by atoms with Gasteiger partial charge in [-0.3, -0.25) is 14.4 Å². The number of hydrogen-bond donors (Lipinski definition) is 1. The van der Waals surface area contributed by atoms with Crippen LogP contribution in [0.25, 0.3) is 0 Å². The first-order chi connectivity index (χ1) is 12.9. The Balaban J connectivity index is 1.74. The molecule has 2 heterocycles. The van der Waals surface area contributed by atoms with Gasteiger partial charge in [0.1, 0.15) is 0 Å². The summed E-state index contributed by atoms with van der Waals surface area (Å²) in [6.45, 7) is 1.10. The summed E-state index contributed by atoms with van der Waals surface area (Å²) in [5.41, 5.74) is -0.369. The summed E-state index contributed by atoms with van der Waals surface area (Å²) in [5.74, 6) is -1.15. The van der Waals surface area contributed by atoms with E-state index < -0.39 is 23.9 Å². The van der Waals surface area contributed by atoms with Crippen molar-refractivity contribution in [2.75, 3.05) is 39.5 Å². The van der Waals surface area contributed by atoms with Gasteiger partial charge in [-0.1, -0.05) is 29.3 Å². The molecular weight excluding hydrogens is 395 g/mol. The fourth-order valence-electron chi connectivity index (χ4n) is 3.39. The molecule has 3 rings (SSSR count). The van der Waals surface area contributed by atoms with Crippen molar-refractivity contribution in [3.05, 3.63) is 33.8 Å². The molecule has 1 aromatic rings. The molecule has 9 heteroatoms. The van der Waals surface area contributed by atoms with Crippen LogP contribution in [-0.4, -0.2) is 62.1 Å². The van der Waals surface area contributed by atoms with E-state index in [1.54, 1.807) is 18.2 Å². The van der Waals surface area contributed by atoms with Gasteiger partial charge in [0.15, 0.2) is 6.61 Å². The van der Waals surface area contributed by atoms with E-state index in [9.17, 15) is 14.4 Å². The van der Waals surface area contributed by atoms with Crippen LogP contribution in [0.4, 0.5) is 0 Å². The maximum atomic E-state index is 13.0. The summed E-state index contributed by atoms with van der Waals surface area (Å²) < 4.78 is 10.8.